The molecule has 1 aromatic carbocycles. The summed E-state index contributed by atoms with van der Waals surface area (Å²) in [5, 5.41) is 0. The van der Waals surface area contributed by atoms with E-state index in [0.29, 0.717) is 6.04 Å². The van der Waals surface area contributed by atoms with Crippen LogP contribution in [-0.2, 0) is 6.42 Å². The zero-order valence-electron chi connectivity index (χ0n) is 10.1. The van der Waals surface area contributed by atoms with Crippen molar-refractivity contribution in [3.8, 4) is 0 Å². The summed E-state index contributed by atoms with van der Waals surface area (Å²) in [5.41, 5.74) is 7.27. The molecule has 0 aromatic heterocycles. The second-order valence-electron chi connectivity index (χ2n) is 4.96. The Bertz CT molecular complexity index is 306. The summed E-state index contributed by atoms with van der Waals surface area (Å²) in [5.74, 6) is 0.940. The molecule has 1 fully saturated rings. The third-order valence-corrected chi connectivity index (χ3v) is 3.45. The average Bonchev–Trinajstić information content (AvgIpc) is 3.11. The van der Waals surface area contributed by atoms with Crippen LogP contribution in [0.25, 0.3) is 0 Å². The van der Waals surface area contributed by atoms with E-state index in [1.165, 1.54) is 24.9 Å². The Balaban J connectivity index is 1.88. The maximum atomic E-state index is 5.88. The fraction of sp³-hybridized carbons (Fsp3) is 0.571. The summed E-state index contributed by atoms with van der Waals surface area (Å²) in [4.78, 5) is 2.44. The van der Waals surface area contributed by atoms with Crippen LogP contribution >= 0.6 is 0 Å². The van der Waals surface area contributed by atoms with Gasteiger partial charge in [-0.2, -0.15) is 0 Å². The lowest BCUT2D eigenvalue weighted by atomic mass is 10.0. The van der Waals surface area contributed by atoms with Crippen molar-refractivity contribution in [3.05, 3.63) is 35.9 Å². The van der Waals surface area contributed by atoms with Crippen LogP contribution in [0.2, 0.25) is 0 Å². The molecule has 0 amide bonds. The third-order valence-electron chi connectivity index (χ3n) is 3.45. The van der Waals surface area contributed by atoms with E-state index in [1.807, 2.05) is 0 Å². The van der Waals surface area contributed by atoms with E-state index in [2.05, 4.69) is 42.3 Å². The maximum absolute atomic E-state index is 5.88. The lowest BCUT2D eigenvalue weighted by Crippen LogP contribution is -2.40. The highest BCUT2D eigenvalue weighted by Crippen LogP contribution is 2.29. The largest absolute Gasteiger partial charge is 0.329 e. The third kappa shape index (κ3) is 3.32. The number of hydrogen-bond acceptors (Lipinski definition) is 2. The van der Waals surface area contributed by atoms with Crippen LogP contribution in [-0.4, -0.2) is 31.1 Å². The highest BCUT2D eigenvalue weighted by molar-refractivity contribution is 5.16. The lowest BCUT2D eigenvalue weighted by molar-refractivity contribution is 0.236. The minimum atomic E-state index is 0.489. The van der Waals surface area contributed by atoms with Gasteiger partial charge in [-0.15, -0.1) is 0 Å². The summed E-state index contributed by atoms with van der Waals surface area (Å²) < 4.78 is 0. The number of nitrogens with two attached hydrogens (primary N) is 1. The summed E-state index contributed by atoms with van der Waals surface area (Å²) >= 11 is 0. The van der Waals surface area contributed by atoms with E-state index in [0.717, 1.165) is 18.9 Å². The summed E-state index contributed by atoms with van der Waals surface area (Å²) in [7, 11) is 2.21. The van der Waals surface area contributed by atoms with E-state index < -0.39 is 0 Å². The van der Waals surface area contributed by atoms with E-state index in [1.54, 1.807) is 0 Å². The Labute approximate surface area is 98.4 Å². The van der Waals surface area contributed by atoms with Gasteiger partial charge in [0.15, 0.2) is 0 Å². The normalized spacial score (nSPS) is 17.7. The minimum absolute atomic E-state index is 0.489. The molecule has 1 unspecified atom stereocenters. The van der Waals surface area contributed by atoms with Crippen LogP contribution in [0.15, 0.2) is 30.3 Å². The molecular weight excluding hydrogens is 196 g/mol. The van der Waals surface area contributed by atoms with Gasteiger partial charge in [0, 0.05) is 19.1 Å². The monoisotopic (exact) mass is 218 g/mol. The molecule has 2 rings (SSSR count). The molecule has 0 aliphatic heterocycles. The molecule has 1 aliphatic rings. The van der Waals surface area contributed by atoms with Gasteiger partial charge in [-0.05, 0) is 37.8 Å². The van der Waals surface area contributed by atoms with Gasteiger partial charge in [0.05, 0.1) is 0 Å². The van der Waals surface area contributed by atoms with Gasteiger partial charge in [0.25, 0.3) is 0 Å². The van der Waals surface area contributed by atoms with Crippen LogP contribution < -0.4 is 5.73 Å². The zero-order valence-corrected chi connectivity index (χ0v) is 10.1. The molecule has 0 spiro atoms. The molecule has 1 aliphatic carbocycles. The number of hydrogen-bond donors (Lipinski definition) is 1. The Morgan fingerprint density at radius 1 is 1.31 bits per heavy atom. The smallest absolute Gasteiger partial charge is 0.0255 e. The predicted octanol–water partition coefficient (Wildman–Crippen LogP) is 1.90. The van der Waals surface area contributed by atoms with E-state index >= 15 is 0 Å². The fourth-order valence-corrected chi connectivity index (χ4v) is 2.16. The van der Waals surface area contributed by atoms with Gasteiger partial charge in [-0.1, -0.05) is 30.3 Å². The van der Waals surface area contributed by atoms with E-state index in [-0.39, 0.29) is 0 Å². The minimum Gasteiger partial charge on any atom is -0.329 e. The van der Waals surface area contributed by atoms with Crippen molar-refractivity contribution >= 4 is 0 Å². The predicted molar refractivity (Wildman–Crippen MR) is 68.3 cm³/mol. The first-order valence-electron chi connectivity index (χ1n) is 6.24. The molecule has 0 radical (unpaired) electrons. The number of likely N-dealkylation sites (N-methyl/N-ethyl adjacent to an activating group) is 1. The van der Waals surface area contributed by atoms with Gasteiger partial charge < -0.3 is 10.6 Å². The Kier molecular flexibility index (Phi) is 3.97. The molecule has 1 saturated carbocycles. The summed E-state index contributed by atoms with van der Waals surface area (Å²) in [6, 6.07) is 11.1. The molecule has 1 aromatic rings. The van der Waals surface area contributed by atoms with Crippen LogP contribution in [0.4, 0.5) is 0 Å². The Morgan fingerprint density at radius 2 is 2.00 bits per heavy atom. The summed E-state index contributed by atoms with van der Waals surface area (Å²) in [6.07, 6.45) is 3.89. The van der Waals surface area contributed by atoms with Crippen LogP contribution in [0.1, 0.15) is 18.4 Å². The van der Waals surface area contributed by atoms with Crippen molar-refractivity contribution in [3.63, 3.8) is 0 Å². The first kappa shape index (κ1) is 11.6. The number of rotatable bonds is 6. The average molecular weight is 218 g/mol. The second-order valence-corrected chi connectivity index (χ2v) is 4.96. The van der Waals surface area contributed by atoms with Gasteiger partial charge in [-0.3, -0.25) is 0 Å². The highest BCUT2D eigenvalue weighted by Gasteiger charge is 2.25. The quantitative estimate of drug-likeness (QED) is 0.790. The maximum Gasteiger partial charge on any atom is 0.0255 e. The van der Waals surface area contributed by atoms with E-state index in [9.17, 15) is 0 Å². The number of benzene rings is 1. The van der Waals surface area contributed by atoms with Crippen molar-refractivity contribution < 1.29 is 0 Å². The van der Waals surface area contributed by atoms with Gasteiger partial charge >= 0.3 is 0 Å². The first-order chi connectivity index (χ1) is 7.79. The number of nitrogens with zero attached hydrogens (tertiary/aromatic N) is 1. The molecular formula is C14H22N2. The van der Waals surface area contributed by atoms with Gasteiger partial charge in [-0.25, -0.2) is 0 Å². The van der Waals surface area contributed by atoms with Crippen molar-refractivity contribution in [2.75, 3.05) is 20.1 Å². The Hall–Kier alpha value is -0.860. The standard InChI is InChI=1S/C14H22N2/c1-16(11-13-7-8-13)14(10-15)9-12-5-3-2-4-6-12/h2-6,13-14H,7-11,15H2,1H3. The van der Waals surface area contributed by atoms with Crippen molar-refractivity contribution in [1.29, 1.82) is 0 Å². The molecule has 1 atom stereocenters. The molecule has 2 N–H and O–H groups in total. The van der Waals surface area contributed by atoms with Crippen molar-refractivity contribution in [2.24, 2.45) is 11.7 Å². The van der Waals surface area contributed by atoms with Crippen molar-refractivity contribution in [2.45, 2.75) is 25.3 Å². The highest BCUT2D eigenvalue weighted by atomic mass is 15.1. The lowest BCUT2D eigenvalue weighted by Gasteiger charge is -2.27. The Morgan fingerprint density at radius 3 is 2.56 bits per heavy atom. The fourth-order valence-electron chi connectivity index (χ4n) is 2.16. The molecule has 0 bridgehead atoms. The molecule has 2 nitrogen and oxygen atoms in total. The SMILES string of the molecule is CN(CC1CC1)C(CN)Cc1ccccc1. The topological polar surface area (TPSA) is 29.3 Å². The molecule has 0 heterocycles. The summed E-state index contributed by atoms with van der Waals surface area (Å²) in [6.45, 7) is 1.97. The molecule has 16 heavy (non-hydrogen) atoms. The second kappa shape index (κ2) is 5.46. The van der Waals surface area contributed by atoms with E-state index in [4.69, 9.17) is 5.73 Å². The molecule has 88 valence electrons. The van der Waals surface area contributed by atoms with Gasteiger partial charge in [0.1, 0.15) is 0 Å². The molecule has 2 heteroatoms. The first-order valence-corrected chi connectivity index (χ1v) is 6.24. The zero-order chi connectivity index (χ0) is 11.4. The molecule has 0 saturated heterocycles. The van der Waals surface area contributed by atoms with Crippen LogP contribution in [0.5, 0.6) is 0 Å². The van der Waals surface area contributed by atoms with Gasteiger partial charge in [0.2, 0.25) is 0 Å². The van der Waals surface area contributed by atoms with Crippen LogP contribution in [0.3, 0.4) is 0 Å². The van der Waals surface area contributed by atoms with Crippen LogP contribution in [0, 0.1) is 5.92 Å². The van der Waals surface area contributed by atoms with Crippen molar-refractivity contribution in [1.82, 2.24) is 4.90 Å².